The van der Waals surface area contributed by atoms with Gasteiger partial charge in [-0.1, -0.05) is 6.07 Å². The van der Waals surface area contributed by atoms with E-state index in [1.807, 2.05) is 0 Å². The SMILES string of the molecule is CCOC(=O)/C(C#N)=C\c1cccc(OC)c1[N+](=O)[O-]. The molecule has 0 aliphatic heterocycles. The molecule has 0 saturated heterocycles. The van der Waals surface area contributed by atoms with Crippen molar-refractivity contribution in [2.45, 2.75) is 6.92 Å². The van der Waals surface area contributed by atoms with Crippen molar-refractivity contribution < 1.29 is 19.2 Å². The molecular weight excluding hydrogens is 264 g/mol. The minimum atomic E-state index is -0.827. The molecule has 0 radical (unpaired) electrons. The minimum absolute atomic E-state index is 0.0462. The molecule has 0 amide bonds. The second kappa shape index (κ2) is 6.89. The van der Waals surface area contributed by atoms with Gasteiger partial charge in [-0.15, -0.1) is 0 Å². The second-order valence-corrected chi connectivity index (χ2v) is 3.55. The van der Waals surface area contributed by atoms with E-state index in [1.54, 1.807) is 13.0 Å². The lowest BCUT2D eigenvalue weighted by molar-refractivity contribution is -0.386. The highest BCUT2D eigenvalue weighted by atomic mass is 16.6. The van der Waals surface area contributed by atoms with Gasteiger partial charge < -0.3 is 9.47 Å². The molecule has 0 fully saturated rings. The van der Waals surface area contributed by atoms with Gasteiger partial charge in [0.05, 0.1) is 24.2 Å². The Labute approximate surface area is 115 Å². The molecule has 1 aromatic rings. The number of nitriles is 1. The van der Waals surface area contributed by atoms with Crippen molar-refractivity contribution in [1.82, 2.24) is 0 Å². The third kappa shape index (κ3) is 3.32. The standard InChI is InChI=1S/C13H12N2O5/c1-3-20-13(16)10(8-14)7-9-5-4-6-11(19-2)12(9)15(17)18/h4-7H,3H2,1-2H3/b10-7-. The topological polar surface area (TPSA) is 102 Å². The van der Waals surface area contributed by atoms with Gasteiger partial charge in [0.25, 0.3) is 0 Å². The Balaban J connectivity index is 3.36. The van der Waals surface area contributed by atoms with Crippen molar-refractivity contribution in [2.24, 2.45) is 0 Å². The van der Waals surface area contributed by atoms with Crippen molar-refractivity contribution in [2.75, 3.05) is 13.7 Å². The molecule has 0 atom stereocenters. The summed E-state index contributed by atoms with van der Waals surface area (Å²) in [4.78, 5) is 21.9. The van der Waals surface area contributed by atoms with Gasteiger partial charge in [-0.3, -0.25) is 10.1 Å². The first-order valence-corrected chi connectivity index (χ1v) is 5.65. The lowest BCUT2D eigenvalue weighted by Crippen LogP contribution is -2.06. The van der Waals surface area contributed by atoms with Crippen LogP contribution in [0.15, 0.2) is 23.8 Å². The fourth-order valence-corrected chi connectivity index (χ4v) is 1.52. The number of methoxy groups -OCH3 is 1. The summed E-state index contributed by atoms with van der Waals surface area (Å²) in [5.74, 6) is -0.781. The maximum absolute atomic E-state index is 11.5. The van der Waals surface area contributed by atoms with E-state index in [0.717, 1.165) is 6.08 Å². The predicted octanol–water partition coefficient (Wildman–Crippen LogP) is 2.07. The van der Waals surface area contributed by atoms with Gasteiger partial charge in [-0.2, -0.15) is 5.26 Å². The van der Waals surface area contributed by atoms with E-state index >= 15 is 0 Å². The third-order valence-corrected chi connectivity index (χ3v) is 2.35. The normalized spacial score (nSPS) is 10.6. The first-order chi connectivity index (χ1) is 9.54. The van der Waals surface area contributed by atoms with Crippen LogP contribution in [0.2, 0.25) is 0 Å². The Bertz CT molecular complexity index is 601. The number of nitro benzene ring substituents is 1. The van der Waals surface area contributed by atoms with Crippen molar-refractivity contribution in [3.05, 3.63) is 39.4 Å². The van der Waals surface area contributed by atoms with E-state index in [9.17, 15) is 14.9 Å². The Morgan fingerprint density at radius 2 is 2.25 bits per heavy atom. The number of esters is 1. The number of carbonyl (C=O) groups is 1. The van der Waals surface area contributed by atoms with Crippen LogP contribution >= 0.6 is 0 Å². The summed E-state index contributed by atoms with van der Waals surface area (Å²) < 4.78 is 9.59. The van der Waals surface area contributed by atoms with Crippen LogP contribution in [0.4, 0.5) is 5.69 Å². The number of nitrogens with zero attached hydrogens (tertiary/aromatic N) is 2. The number of carbonyl (C=O) groups excluding carboxylic acids is 1. The molecule has 0 aliphatic carbocycles. The zero-order valence-corrected chi connectivity index (χ0v) is 11.0. The summed E-state index contributed by atoms with van der Waals surface area (Å²) in [6, 6.07) is 6.02. The number of benzene rings is 1. The van der Waals surface area contributed by atoms with Crippen LogP contribution in [0, 0.1) is 21.4 Å². The van der Waals surface area contributed by atoms with Crippen molar-refractivity contribution >= 4 is 17.7 Å². The van der Waals surface area contributed by atoms with E-state index in [4.69, 9.17) is 14.7 Å². The molecule has 104 valence electrons. The Morgan fingerprint density at radius 1 is 1.55 bits per heavy atom. The van der Waals surface area contributed by atoms with Gasteiger partial charge in [-0.25, -0.2) is 4.79 Å². The highest BCUT2D eigenvalue weighted by Crippen LogP contribution is 2.31. The molecule has 0 bridgehead atoms. The highest BCUT2D eigenvalue weighted by molar-refractivity contribution is 5.98. The molecule has 0 unspecified atom stereocenters. The number of rotatable bonds is 5. The molecule has 7 heteroatoms. The predicted molar refractivity (Wildman–Crippen MR) is 69.9 cm³/mol. The van der Waals surface area contributed by atoms with E-state index in [1.165, 1.54) is 25.3 Å². The molecule has 1 aromatic carbocycles. The molecule has 0 heterocycles. The van der Waals surface area contributed by atoms with Crippen LogP contribution in [0.5, 0.6) is 5.75 Å². The van der Waals surface area contributed by atoms with Gasteiger partial charge in [0.1, 0.15) is 11.6 Å². The molecule has 1 rings (SSSR count). The molecule has 20 heavy (non-hydrogen) atoms. The van der Waals surface area contributed by atoms with E-state index in [0.29, 0.717) is 0 Å². The van der Waals surface area contributed by atoms with Gasteiger partial charge in [0, 0.05) is 0 Å². The maximum Gasteiger partial charge on any atom is 0.348 e. The fourth-order valence-electron chi connectivity index (χ4n) is 1.52. The minimum Gasteiger partial charge on any atom is -0.490 e. The second-order valence-electron chi connectivity index (χ2n) is 3.55. The van der Waals surface area contributed by atoms with Crippen LogP contribution in [-0.4, -0.2) is 24.6 Å². The van der Waals surface area contributed by atoms with E-state index in [-0.39, 0.29) is 29.2 Å². The van der Waals surface area contributed by atoms with E-state index < -0.39 is 10.9 Å². The monoisotopic (exact) mass is 276 g/mol. The number of hydrogen-bond acceptors (Lipinski definition) is 6. The Hall–Kier alpha value is -2.88. The van der Waals surface area contributed by atoms with Gasteiger partial charge in [-0.05, 0) is 25.1 Å². The average Bonchev–Trinajstić information content (AvgIpc) is 2.44. The summed E-state index contributed by atoms with van der Waals surface area (Å²) in [7, 11) is 1.30. The summed E-state index contributed by atoms with van der Waals surface area (Å²) in [6.45, 7) is 1.71. The van der Waals surface area contributed by atoms with Crippen LogP contribution in [-0.2, 0) is 9.53 Å². The van der Waals surface area contributed by atoms with Crippen LogP contribution in [0.3, 0.4) is 0 Å². The van der Waals surface area contributed by atoms with Crippen molar-refractivity contribution in [3.63, 3.8) is 0 Å². The number of hydrogen-bond donors (Lipinski definition) is 0. The first kappa shape index (κ1) is 15.2. The zero-order chi connectivity index (χ0) is 15.1. The number of nitro groups is 1. The lowest BCUT2D eigenvalue weighted by atomic mass is 10.1. The lowest BCUT2D eigenvalue weighted by Gasteiger charge is -2.04. The molecule has 0 aromatic heterocycles. The zero-order valence-electron chi connectivity index (χ0n) is 11.0. The smallest absolute Gasteiger partial charge is 0.348 e. The maximum atomic E-state index is 11.5. The third-order valence-electron chi connectivity index (χ3n) is 2.35. The van der Waals surface area contributed by atoms with Crippen molar-refractivity contribution in [3.8, 4) is 11.8 Å². The molecule has 0 spiro atoms. The van der Waals surface area contributed by atoms with Crippen LogP contribution in [0.25, 0.3) is 6.08 Å². The largest absolute Gasteiger partial charge is 0.490 e. The fraction of sp³-hybridized carbons (Fsp3) is 0.231. The summed E-state index contributed by atoms with van der Waals surface area (Å²) >= 11 is 0. The van der Waals surface area contributed by atoms with Gasteiger partial charge in [0.2, 0.25) is 0 Å². The molecular formula is C13H12N2O5. The molecule has 7 nitrogen and oxygen atoms in total. The quantitative estimate of drug-likeness (QED) is 0.268. The first-order valence-electron chi connectivity index (χ1n) is 5.65. The Morgan fingerprint density at radius 3 is 2.75 bits per heavy atom. The van der Waals surface area contributed by atoms with E-state index in [2.05, 4.69) is 0 Å². The molecule has 0 aliphatic rings. The summed E-state index contributed by atoms with van der Waals surface area (Å²) in [5, 5.41) is 20.0. The number of para-hydroxylation sites is 1. The van der Waals surface area contributed by atoms with Crippen LogP contribution in [0.1, 0.15) is 12.5 Å². The summed E-state index contributed by atoms with van der Waals surface area (Å²) in [5.41, 5.74) is -0.533. The average molecular weight is 276 g/mol. The number of ether oxygens (including phenoxy) is 2. The molecule has 0 saturated carbocycles. The Kier molecular flexibility index (Phi) is 5.23. The van der Waals surface area contributed by atoms with Gasteiger partial charge >= 0.3 is 11.7 Å². The summed E-state index contributed by atoms with van der Waals surface area (Å²) in [6.07, 6.45) is 1.11. The van der Waals surface area contributed by atoms with Crippen LogP contribution < -0.4 is 4.74 Å². The molecule has 0 N–H and O–H groups in total. The van der Waals surface area contributed by atoms with Crippen molar-refractivity contribution in [1.29, 1.82) is 5.26 Å². The highest BCUT2D eigenvalue weighted by Gasteiger charge is 2.21. The van der Waals surface area contributed by atoms with Gasteiger partial charge in [0.15, 0.2) is 5.75 Å².